The molecule has 0 bridgehead atoms. The van der Waals surface area contributed by atoms with Crippen molar-refractivity contribution in [2.75, 3.05) is 0 Å². The minimum atomic E-state index is -0.344. The molecule has 0 saturated heterocycles. The average molecular weight is 458 g/mol. The first-order chi connectivity index (χ1) is 12.2. The maximum atomic E-state index is 11.2. The van der Waals surface area contributed by atoms with E-state index in [1.165, 1.54) is 21.3 Å². The first-order valence-electron chi connectivity index (χ1n) is 7.59. The van der Waals surface area contributed by atoms with Crippen molar-refractivity contribution in [1.29, 1.82) is 0 Å². The monoisotopic (exact) mass is 460 g/mol. The SMILES string of the molecule is O=C1C=C(c2ccccc2)C(=O)N1.[Se][Se]c1cccc2ccccc12. The van der Waals surface area contributed by atoms with Gasteiger partial charge in [0.15, 0.2) is 0 Å². The van der Waals surface area contributed by atoms with Crippen LogP contribution < -0.4 is 9.78 Å². The molecule has 5 heteroatoms. The molecule has 0 atom stereocenters. The molecule has 1 heterocycles. The molecule has 2 amide bonds. The summed E-state index contributed by atoms with van der Waals surface area (Å²) in [7, 11) is 0. The molecule has 25 heavy (non-hydrogen) atoms. The molecule has 0 aliphatic carbocycles. The zero-order valence-electron chi connectivity index (χ0n) is 13.1. The molecule has 1 N–H and O–H groups in total. The van der Waals surface area contributed by atoms with Crippen LogP contribution in [0.5, 0.6) is 0 Å². The summed E-state index contributed by atoms with van der Waals surface area (Å²) >= 11 is 3.59. The fraction of sp³-hybridized carbons (Fsp3) is 0. The molecule has 3 aromatic rings. The fourth-order valence-electron chi connectivity index (χ4n) is 2.51. The van der Waals surface area contributed by atoms with Gasteiger partial charge >= 0.3 is 85.0 Å². The number of rotatable bonds is 2. The second-order valence-corrected chi connectivity index (χ2v) is 8.39. The molecular formula is C20H14NO2Se2. The Morgan fingerprint density at radius 3 is 2.16 bits per heavy atom. The topological polar surface area (TPSA) is 46.2 Å². The van der Waals surface area contributed by atoms with E-state index in [4.69, 9.17) is 0 Å². The van der Waals surface area contributed by atoms with E-state index >= 15 is 0 Å². The number of carbonyl (C=O) groups is 2. The van der Waals surface area contributed by atoms with Crippen molar-refractivity contribution in [3.05, 3.63) is 84.4 Å². The number of hydrogen-bond acceptors (Lipinski definition) is 2. The van der Waals surface area contributed by atoms with E-state index in [9.17, 15) is 9.59 Å². The molecule has 0 aromatic heterocycles. The number of carbonyl (C=O) groups excluding carboxylic acids is 2. The Morgan fingerprint density at radius 2 is 1.48 bits per heavy atom. The van der Waals surface area contributed by atoms with Gasteiger partial charge in [0.05, 0.1) is 5.57 Å². The molecule has 3 aromatic carbocycles. The van der Waals surface area contributed by atoms with Crippen molar-refractivity contribution < 1.29 is 9.59 Å². The molecule has 0 saturated carbocycles. The van der Waals surface area contributed by atoms with E-state index in [0.717, 1.165) is 5.56 Å². The maximum absolute atomic E-state index is 11.2. The van der Waals surface area contributed by atoms with Gasteiger partial charge in [-0.25, -0.2) is 0 Å². The van der Waals surface area contributed by atoms with E-state index in [1.807, 2.05) is 18.2 Å². The van der Waals surface area contributed by atoms with Gasteiger partial charge in [0.1, 0.15) is 0 Å². The van der Waals surface area contributed by atoms with Gasteiger partial charge in [-0.1, -0.05) is 30.3 Å². The molecule has 0 fully saturated rings. The number of hydrogen-bond donors (Lipinski definition) is 1. The number of imide groups is 1. The molecule has 0 spiro atoms. The molecule has 1 radical (unpaired) electrons. The Balaban J connectivity index is 0.000000146. The first-order valence-corrected chi connectivity index (χ1v) is 12.8. The van der Waals surface area contributed by atoms with Crippen LogP contribution in [0.15, 0.2) is 78.9 Å². The Hall–Kier alpha value is -2.16. The van der Waals surface area contributed by atoms with Crippen molar-refractivity contribution in [3.63, 3.8) is 0 Å². The molecule has 1 aliphatic rings. The number of nitrogens with one attached hydrogen (secondary N) is 1. The quantitative estimate of drug-likeness (QED) is 0.472. The Labute approximate surface area is 159 Å². The first kappa shape index (κ1) is 17.7. The fourth-order valence-corrected chi connectivity index (χ4v) is 4.96. The van der Waals surface area contributed by atoms with Crippen LogP contribution in [0.2, 0.25) is 0 Å². The Morgan fingerprint density at radius 1 is 0.800 bits per heavy atom. The summed E-state index contributed by atoms with van der Waals surface area (Å²) in [4.78, 5) is 22.0. The number of amides is 2. The van der Waals surface area contributed by atoms with Gasteiger partial charge in [-0.2, -0.15) is 0 Å². The van der Waals surface area contributed by atoms with Crippen LogP contribution >= 0.6 is 0 Å². The summed E-state index contributed by atoms with van der Waals surface area (Å²) in [6.07, 6.45) is 1.32. The predicted molar refractivity (Wildman–Crippen MR) is 103 cm³/mol. The summed E-state index contributed by atoms with van der Waals surface area (Å²) < 4.78 is 1.44. The zero-order chi connectivity index (χ0) is 17.6. The molecule has 123 valence electrons. The second kappa shape index (κ2) is 8.28. The predicted octanol–water partition coefficient (Wildman–Crippen LogP) is 1.98. The third kappa shape index (κ3) is 4.28. The number of fused-ring (bicyclic) bond motifs is 1. The van der Waals surface area contributed by atoms with Gasteiger partial charge in [-0.15, -0.1) is 0 Å². The second-order valence-electron chi connectivity index (χ2n) is 5.30. The Bertz CT molecular complexity index is 947. The Kier molecular flexibility index (Phi) is 5.85. The summed E-state index contributed by atoms with van der Waals surface area (Å²) in [5.41, 5.74) is 1.21. The van der Waals surface area contributed by atoms with Crippen LogP contribution in [0.3, 0.4) is 0 Å². The van der Waals surface area contributed by atoms with Gasteiger partial charge in [0.2, 0.25) is 0 Å². The summed E-state index contributed by atoms with van der Waals surface area (Å²) in [5.74, 6) is -0.667. The van der Waals surface area contributed by atoms with Crippen LogP contribution in [0.1, 0.15) is 5.56 Å². The summed E-state index contributed by atoms with van der Waals surface area (Å²) in [5, 5.41) is 4.92. The van der Waals surface area contributed by atoms with Crippen LogP contribution in [0, 0.1) is 0 Å². The molecule has 0 unspecified atom stereocenters. The minimum absolute atomic E-state index is 0.323. The van der Waals surface area contributed by atoms with Crippen molar-refractivity contribution in [1.82, 2.24) is 5.32 Å². The average Bonchev–Trinajstić information content (AvgIpc) is 3.00. The van der Waals surface area contributed by atoms with Crippen LogP contribution in [0.25, 0.3) is 16.3 Å². The standard InChI is InChI=1S/C10H7NO2.C10H7Se2/c12-9-6-8(10(13)11-9)7-4-2-1-3-5-7;11-12-10-7-3-5-8-4-1-2-6-9(8)10/h1-6H,(H,11,12,13);1-7H. The van der Waals surface area contributed by atoms with Crippen molar-refractivity contribution >= 4 is 59.9 Å². The van der Waals surface area contributed by atoms with Crippen LogP contribution in [0.4, 0.5) is 0 Å². The van der Waals surface area contributed by atoms with Gasteiger partial charge in [0.25, 0.3) is 11.8 Å². The normalized spacial score (nSPS) is 13.1. The van der Waals surface area contributed by atoms with E-state index in [0.29, 0.717) is 18.7 Å². The summed E-state index contributed by atoms with van der Waals surface area (Å²) in [6, 6.07) is 24.1. The zero-order valence-corrected chi connectivity index (χ0v) is 16.6. The van der Waals surface area contributed by atoms with Crippen molar-refractivity contribution in [2.24, 2.45) is 0 Å². The van der Waals surface area contributed by atoms with E-state index in [2.05, 4.69) is 62.0 Å². The van der Waals surface area contributed by atoms with Crippen LogP contribution in [-0.2, 0) is 9.59 Å². The molecule has 3 nitrogen and oxygen atoms in total. The van der Waals surface area contributed by atoms with E-state index in [1.54, 1.807) is 12.1 Å². The molecular weight excluding hydrogens is 444 g/mol. The molecule has 4 rings (SSSR count). The van der Waals surface area contributed by atoms with Gasteiger partial charge < -0.3 is 0 Å². The van der Waals surface area contributed by atoms with Crippen LogP contribution in [-0.4, -0.2) is 39.1 Å². The molecule has 1 aliphatic heterocycles. The van der Waals surface area contributed by atoms with E-state index in [-0.39, 0.29) is 11.8 Å². The van der Waals surface area contributed by atoms with Gasteiger partial charge in [-0.05, 0) is 5.56 Å². The van der Waals surface area contributed by atoms with Gasteiger partial charge in [0, 0.05) is 6.08 Å². The third-order valence-corrected chi connectivity index (χ3v) is 6.76. The number of benzene rings is 3. The van der Waals surface area contributed by atoms with Gasteiger partial charge in [-0.3, -0.25) is 14.9 Å². The van der Waals surface area contributed by atoms with Crippen molar-refractivity contribution in [2.45, 2.75) is 0 Å². The van der Waals surface area contributed by atoms with E-state index < -0.39 is 0 Å². The van der Waals surface area contributed by atoms with Crippen molar-refractivity contribution in [3.8, 4) is 0 Å². The third-order valence-electron chi connectivity index (χ3n) is 3.68. The summed E-state index contributed by atoms with van der Waals surface area (Å²) in [6.45, 7) is 0.